The van der Waals surface area contributed by atoms with Crippen molar-refractivity contribution in [3.8, 4) is 24.2 Å². The van der Waals surface area contributed by atoms with Crippen LogP contribution in [0.5, 0.6) is 5.75 Å². The number of benzene rings is 2. The van der Waals surface area contributed by atoms with Crippen molar-refractivity contribution >= 4 is 45.9 Å². The number of fused-ring (bicyclic) bond motifs is 1. The third-order valence-corrected chi connectivity index (χ3v) is 4.21. The van der Waals surface area contributed by atoms with Gasteiger partial charge in [-0.1, -0.05) is 35.2 Å². The van der Waals surface area contributed by atoms with Crippen molar-refractivity contribution in [2.75, 3.05) is 6.61 Å². The Labute approximate surface area is 161 Å². The molecule has 0 unspecified atom stereocenters. The number of halogens is 2. The summed E-state index contributed by atoms with van der Waals surface area (Å²) in [6, 6.07) is 11.3. The van der Waals surface area contributed by atoms with Crippen LogP contribution in [-0.4, -0.2) is 16.6 Å². The van der Waals surface area contributed by atoms with Gasteiger partial charge in [0.1, 0.15) is 18.5 Å². The molecule has 0 fully saturated rings. The fraction of sp³-hybridized carbons (Fsp3) is 0.100. The number of rotatable bonds is 4. The maximum absolute atomic E-state index is 9.54. The van der Waals surface area contributed by atoms with Crippen molar-refractivity contribution in [3.63, 3.8) is 0 Å². The highest BCUT2D eigenvalue weighted by Gasteiger charge is 2.12. The van der Waals surface area contributed by atoms with Crippen LogP contribution in [0, 0.1) is 30.6 Å². The molecular formula is C20H13Cl2N3O. The highest BCUT2D eigenvalue weighted by molar-refractivity contribution is 6.37. The quantitative estimate of drug-likeness (QED) is 0.495. The first-order valence-corrected chi connectivity index (χ1v) is 8.41. The Hall–Kier alpha value is -2.92. The average Bonchev–Trinajstić information content (AvgIpc) is 3.01. The second-order valence-corrected chi connectivity index (χ2v) is 6.40. The molecule has 0 atom stereocenters. The van der Waals surface area contributed by atoms with Crippen molar-refractivity contribution < 1.29 is 4.74 Å². The summed E-state index contributed by atoms with van der Waals surface area (Å²) in [7, 11) is 0. The Morgan fingerprint density at radius 1 is 1.31 bits per heavy atom. The van der Waals surface area contributed by atoms with Gasteiger partial charge >= 0.3 is 0 Å². The number of imidazole rings is 1. The van der Waals surface area contributed by atoms with E-state index >= 15 is 0 Å². The van der Waals surface area contributed by atoms with Gasteiger partial charge in [0.25, 0.3) is 0 Å². The van der Waals surface area contributed by atoms with E-state index in [4.69, 9.17) is 34.4 Å². The minimum absolute atomic E-state index is 0.0659. The topological polar surface area (TPSA) is 61.7 Å². The van der Waals surface area contributed by atoms with Crippen molar-refractivity contribution in [2.45, 2.75) is 6.92 Å². The average molecular weight is 382 g/mol. The van der Waals surface area contributed by atoms with Crippen LogP contribution in [-0.2, 0) is 0 Å². The predicted octanol–water partition coefficient (Wildman–Crippen LogP) is 5.25. The Bertz CT molecular complexity index is 1080. The van der Waals surface area contributed by atoms with Crippen LogP contribution in [0.15, 0.2) is 30.3 Å². The summed E-state index contributed by atoms with van der Waals surface area (Å²) < 4.78 is 5.33. The van der Waals surface area contributed by atoms with E-state index in [-0.39, 0.29) is 6.61 Å². The molecule has 128 valence electrons. The second kappa shape index (κ2) is 7.54. The zero-order valence-electron chi connectivity index (χ0n) is 13.8. The first kappa shape index (κ1) is 17.9. The van der Waals surface area contributed by atoms with Crippen LogP contribution in [0.2, 0.25) is 10.0 Å². The molecule has 0 aliphatic heterocycles. The fourth-order valence-electron chi connectivity index (χ4n) is 2.49. The number of aryl methyl sites for hydroxylation is 1. The molecule has 1 N–H and O–H groups in total. The SMILES string of the molecule is C#CCOc1c(Cl)cc(C=C(C#N)c2nc3ccc(C)cc3[nH]2)cc1Cl. The number of hydrogen-bond donors (Lipinski definition) is 1. The Balaban J connectivity index is 2.01. The molecule has 0 aliphatic rings. The molecule has 0 spiro atoms. The van der Waals surface area contributed by atoms with Gasteiger partial charge in [-0.3, -0.25) is 0 Å². The van der Waals surface area contributed by atoms with E-state index in [2.05, 4.69) is 22.0 Å². The van der Waals surface area contributed by atoms with Crippen LogP contribution in [0.25, 0.3) is 22.7 Å². The lowest BCUT2D eigenvalue weighted by atomic mass is 10.1. The molecule has 1 aromatic heterocycles. The van der Waals surface area contributed by atoms with Gasteiger partial charge in [-0.05, 0) is 48.4 Å². The zero-order valence-corrected chi connectivity index (χ0v) is 15.3. The molecule has 2 aromatic carbocycles. The highest BCUT2D eigenvalue weighted by Crippen LogP contribution is 2.35. The van der Waals surface area contributed by atoms with Gasteiger partial charge in [-0.2, -0.15) is 5.26 Å². The number of nitrogens with zero attached hydrogens (tertiary/aromatic N) is 2. The molecule has 0 amide bonds. The van der Waals surface area contributed by atoms with Crippen molar-refractivity contribution in [1.29, 1.82) is 5.26 Å². The van der Waals surface area contributed by atoms with Crippen LogP contribution in [0.4, 0.5) is 0 Å². The van der Waals surface area contributed by atoms with Gasteiger partial charge in [-0.25, -0.2) is 4.98 Å². The lowest BCUT2D eigenvalue weighted by Gasteiger charge is -2.08. The van der Waals surface area contributed by atoms with Gasteiger partial charge in [0.2, 0.25) is 0 Å². The third-order valence-electron chi connectivity index (χ3n) is 3.64. The summed E-state index contributed by atoms with van der Waals surface area (Å²) in [4.78, 5) is 7.63. The number of ether oxygens (including phenoxy) is 1. The summed E-state index contributed by atoms with van der Waals surface area (Å²) in [5.74, 6) is 3.16. The number of aromatic amines is 1. The number of aromatic nitrogens is 2. The van der Waals surface area contributed by atoms with Crippen molar-refractivity contribution in [1.82, 2.24) is 9.97 Å². The number of allylic oxidation sites excluding steroid dienone is 1. The number of terminal acetylenes is 1. The summed E-state index contributed by atoms with van der Waals surface area (Å²) in [6.07, 6.45) is 6.84. The molecule has 3 aromatic rings. The first-order chi connectivity index (χ1) is 12.5. The standard InChI is InChI=1S/C20H13Cl2N3O/c1-3-6-26-19-15(21)9-13(10-16(19)22)8-14(11-23)20-24-17-5-4-12(2)7-18(17)25-20/h1,4-5,7-10H,6H2,2H3,(H,24,25). The molecule has 0 saturated carbocycles. The number of nitrogens with one attached hydrogen (secondary N) is 1. The third kappa shape index (κ3) is 3.68. The van der Waals surface area contributed by atoms with Crippen LogP contribution < -0.4 is 4.74 Å². The minimum atomic E-state index is 0.0659. The van der Waals surface area contributed by atoms with Gasteiger partial charge in [0.05, 0.1) is 26.7 Å². The molecule has 0 aliphatic carbocycles. The van der Waals surface area contributed by atoms with Gasteiger partial charge in [0.15, 0.2) is 5.75 Å². The van der Waals surface area contributed by atoms with Gasteiger partial charge in [-0.15, -0.1) is 6.42 Å². The molecule has 3 rings (SSSR count). The van der Waals surface area contributed by atoms with E-state index in [1.807, 2.05) is 25.1 Å². The zero-order chi connectivity index (χ0) is 18.7. The molecular weight excluding hydrogens is 369 g/mol. The van der Waals surface area contributed by atoms with Gasteiger partial charge < -0.3 is 9.72 Å². The van der Waals surface area contributed by atoms with Crippen LogP contribution in [0.1, 0.15) is 17.0 Å². The van der Waals surface area contributed by atoms with E-state index in [0.717, 1.165) is 16.6 Å². The predicted molar refractivity (Wildman–Crippen MR) is 105 cm³/mol. The van der Waals surface area contributed by atoms with Gasteiger partial charge in [0, 0.05) is 0 Å². The van der Waals surface area contributed by atoms with E-state index in [1.54, 1.807) is 18.2 Å². The van der Waals surface area contributed by atoms with Crippen LogP contribution >= 0.6 is 23.2 Å². The summed E-state index contributed by atoms with van der Waals surface area (Å²) in [5, 5.41) is 10.2. The minimum Gasteiger partial charge on any atom is -0.478 e. The Morgan fingerprint density at radius 3 is 2.69 bits per heavy atom. The Morgan fingerprint density at radius 2 is 2.04 bits per heavy atom. The molecule has 0 saturated heterocycles. The Kier molecular flexibility index (Phi) is 5.19. The molecule has 4 nitrogen and oxygen atoms in total. The van der Waals surface area contributed by atoms with Crippen molar-refractivity contribution in [3.05, 3.63) is 57.3 Å². The largest absolute Gasteiger partial charge is 0.478 e. The lowest BCUT2D eigenvalue weighted by Crippen LogP contribution is -1.95. The molecule has 6 heteroatoms. The molecule has 0 radical (unpaired) electrons. The fourth-order valence-corrected chi connectivity index (χ4v) is 3.10. The summed E-state index contributed by atoms with van der Waals surface area (Å²) in [6.45, 7) is 2.06. The summed E-state index contributed by atoms with van der Waals surface area (Å²) >= 11 is 12.4. The normalized spacial score (nSPS) is 11.2. The number of H-pyrrole nitrogens is 1. The van der Waals surface area contributed by atoms with E-state index < -0.39 is 0 Å². The summed E-state index contributed by atoms with van der Waals surface area (Å²) in [5.41, 5.74) is 3.79. The van der Waals surface area contributed by atoms with E-state index in [1.165, 1.54) is 0 Å². The van der Waals surface area contributed by atoms with E-state index in [0.29, 0.717) is 32.8 Å². The monoisotopic (exact) mass is 381 g/mol. The first-order valence-electron chi connectivity index (χ1n) is 7.65. The maximum atomic E-state index is 9.54. The molecule has 1 heterocycles. The molecule has 26 heavy (non-hydrogen) atoms. The van der Waals surface area contributed by atoms with Crippen molar-refractivity contribution in [2.24, 2.45) is 0 Å². The highest BCUT2D eigenvalue weighted by atomic mass is 35.5. The maximum Gasteiger partial charge on any atom is 0.157 e. The number of nitriles is 1. The smallest absolute Gasteiger partial charge is 0.157 e. The van der Waals surface area contributed by atoms with E-state index in [9.17, 15) is 5.26 Å². The second-order valence-electron chi connectivity index (χ2n) is 5.58. The van der Waals surface area contributed by atoms with Crippen LogP contribution in [0.3, 0.4) is 0 Å². The lowest BCUT2D eigenvalue weighted by molar-refractivity contribution is 0.371. The molecule has 0 bridgehead atoms. The number of hydrogen-bond acceptors (Lipinski definition) is 3.